The first-order chi connectivity index (χ1) is 16.2. The van der Waals surface area contributed by atoms with E-state index in [1.165, 1.54) is 11.8 Å². The second-order valence-electron chi connectivity index (χ2n) is 9.90. The third-order valence-electron chi connectivity index (χ3n) is 7.76. The number of carbonyl (C=O) groups excluding carboxylic acids is 1. The number of amides is 1. The molecule has 0 bridgehead atoms. The number of rotatable bonds is 7. The predicted octanol–water partition coefficient (Wildman–Crippen LogP) is 4.73. The summed E-state index contributed by atoms with van der Waals surface area (Å²) in [5.41, 5.74) is 0.386. The number of hydrogen-bond acceptors (Lipinski definition) is 4. The van der Waals surface area contributed by atoms with Crippen molar-refractivity contribution in [3.63, 3.8) is 0 Å². The van der Waals surface area contributed by atoms with Crippen molar-refractivity contribution in [2.75, 3.05) is 24.5 Å². The molecule has 1 aliphatic heterocycles. The molecular weight excluding hydrogens is 441 g/mol. The zero-order valence-corrected chi connectivity index (χ0v) is 19.8. The Morgan fingerprint density at radius 2 is 1.97 bits per heavy atom. The maximum atomic E-state index is 13.4. The van der Waals surface area contributed by atoms with Gasteiger partial charge in [-0.05, 0) is 48.3 Å². The first kappa shape index (κ1) is 24.5. The zero-order chi connectivity index (χ0) is 24.3. The Labute approximate surface area is 199 Å². The topological polar surface area (TPSA) is 48.5 Å². The van der Waals surface area contributed by atoms with Gasteiger partial charge < -0.3 is 15.1 Å². The number of nitrogens with zero attached hydrogens (tertiary/aromatic N) is 3. The van der Waals surface area contributed by atoms with E-state index < -0.39 is 11.7 Å². The van der Waals surface area contributed by atoms with Crippen LogP contribution in [0.15, 0.2) is 48.7 Å². The minimum Gasteiger partial charge on any atom is -0.349 e. The number of pyridine rings is 1. The van der Waals surface area contributed by atoms with Crippen LogP contribution in [0.3, 0.4) is 0 Å². The lowest BCUT2D eigenvalue weighted by Crippen LogP contribution is -2.61. The lowest BCUT2D eigenvalue weighted by atomic mass is 9.68. The highest BCUT2D eigenvalue weighted by atomic mass is 19.4. The molecule has 5 nitrogen and oxygen atoms in total. The summed E-state index contributed by atoms with van der Waals surface area (Å²) in [6.07, 6.45) is 0.522. The molecule has 2 heterocycles. The fraction of sp³-hybridized carbons (Fsp3) is 0.538. The van der Waals surface area contributed by atoms with Crippen LogP contribution in [0, 0.1) is 11.3 Å². The summed E-state index contributed by atoms with van der Waals surface area (Å²) in [5, 5.41) is 3.69. The van der Waals surface area contributed by atoms with Crippen LogP contribution in [-0.4, -0.2) is 48.0 Å². The van der Waals surface area contributed by atoms with Gasteiger partial charge in [0.1, 0.15) is 5.82 Å². The fourth-order valence-corrected chi connectivity index (χ4v) is 5.77. The third kappa shape index (κ3) is 5.06. The number of benzene rings is 1. The van der Waals surface area contributed by atoms with Gasteiger partial charge in [0.15, 0.2) is 0 Å². The molecule has 2 aromatic rings. The van der Waals surface area contributed by atoms with E-state index in [4.69, 9.17) is 0 Å². The van der Waals surface area contributed by atoms with Gasteiger partial charge in [0.05, 0.1) is 11.6 Å². The van der Waals surface area contributed by atoms with Crippen LogP contribution >= 0.6 is 0 Å². The maximum absolute atomic E-state index is 13.4. The number of nitrogens with one attached hydrogen (secondary N) is 1. The van der Waals surface area contributed by atoms with Gasteiger partial charge >= 0.3 is 6.18 Å². The van der Waals surface area contributed by atoms with Crippen molar-refractivity contribution in [3.8, 4) is 0 Å². The largest absolute Gasteiger partial charge is 0.416 e. The molecule has 1 saturated carbocycles. The molecule has 1 N–H and O–H groups in total. The van der Waals surface area contributed by atoms with E-state index in [9.17, 15) is 18.0 Å². The van der Waals surface area contributed by atoms with Gasteiger partial charge in [-0.2, -0.15) is 13.2 Å². The Morgan fingerprint density at radius 1 is 1.21 bits per heavy atom. The normalized spacial score (nSPS) is 25.7. The number of alkyl halides is 3. The molecule has 34 heavy (non-hydrogen) atoms. The van der Waals surface area contributed by atoms with Crippen molar-refractivity contribution in [1.29, 1.82) is 0 Å². The van der Waals surface area contributed by atoms with E-state index in [0.717, 1.165) is 44.4 Å². The van der Waals surface area contributed by atoms with Crippen molar-refractivity contribution in [2.45, 2.75) is 57.9 Å². The van der Waals surface area contributed by atoms with Crippen molar-refractivity contribution in [3.05, 3.63) is 59.8 Å². The number of anilines is 1. The Morgan fingerprint density at radius 3 is 2.65 bits per heavy atom. The minimum atomic E-state index is -4.42. The molecule has 0 spiro atoms. The maximum Gasteiger partial charge on any atom is 0.416 e. The van der Waals surface area contributed by atoms with Crippen molar-refractivity contribution in [2.24, 2.45) is 11.3 Å². The summed E-state index contributed by atoms with van der Waals surface area (Å²) in [5.74, 6) is 0.631. The molecular formula is C26H33F3N4O. The summed E-state index contributed by atoms with van der Waals surface area (Å²) in [6, 6.07) is 12.6. The molecule has 184 valence electrons. The van der Waals surface area contributed by atoms with Crippen LogP contribution < -0.4 is 10.2 Å². The average molecular weight is 475 g/mol. The second-order valence-corrected chi connectivity index (χ2v) is 9.90. The van der Waals surface area contributed by atoms with Crippen LogP contribution in [0.25, 0.3) is 0 Å². The Hall–Kier alpha value is -2.61. The second kappa shape index (κ2) is 9.94. The summed E-state index contributed by atoms with van der Waals surface area (Å²) in [6.45, 7) is 6.60. The van der Waals surface area contributed by atoms with Crippen LogP contribution in [0.2, 0.25) is 0 Å². The van der Waals surface area contributed by atoms with Gasteiger partial charge in [0.25, 0.3) is 0 Å². The molecule has 4 rings (SSSR count). The van der Waals surface area contributed by atoms with Gasteiger partial charge in [-0.15, -0.1) is 0 Å². The van der Waals surface area contributed by atoms with Gasteiger partial charge in [-0.25, -0.2) is 4.98 Å². The van der Waals surface area contributed by atoms with Crippen LogP contribution in [0.1, 0.15) is 44.2 Å². The number of hydrogen-bond donors (Lipinski definition) is 1. The molecule has 2 aliphatic rings. The molecule has 1 aromatic heterocycles. The fourth-order valence-electron chi connectivity index (χ4n) is 5.77. The average Bonchev–Trinajstić information content (AvgIpc) is 3.28. The molecule has 1 unspecified atom stereocenters. The summed E-state index contributed by atoms with van der Waals surface area (Å²) in [7, 11) is 0. The zero-order valence-electron chi connectivity index (χ0n) is 19.8. The van der Waals surface area contributed by atoms with Crippen molar-refractivity contribution < 1.29 is 18.0 Å². The van der Waals surface area contributed by atoms with E-state index in [0.29, 0.717) is 37.4 Å². The van der Waals surface area contributed by atoms with Crippen molar-refractivity contribution >= 4 is 12.2 Å². The predicted molar refractivity (Wildman–Crippen MR) is 126 cm³/mol. The highest BCUT2D eigenvalue weighted by Gasteiger charge is 2.51. The van der Waals surface area contributed by atoms with Gasteiger partial charge in [0.2, 0.25) is 6.41 Å². The summed E-state index contributed by atoms with van der Waals surface area (Å²) in [4.78, 5) is 19.8. The molecule has 0 radical (unpaired) electrons. The SMILES string of the molecule is CC(C)[C@]1(C2CN(C=O)CCN2c2cc(C(F)(F)F)ccn2)CC[C@@H](NCc2ccccc2)C1. The highest BCUT2D eigenvalue weighted by Crippen LogP contribution is 2.50. The van der Waals surface area contributed by atoms with Gasteiger partial charge in [-0.1, -0.05) is 44.2 Å². The van der Waals surface area contributed by atoms with E-state index >= 15 is 0 Å². The molecule has 1 amide bonds. The van der Waals surface area contributed by atoms with E-state index in [-0.39, 0.29) is 11.5 Å². The summed E-state index contributed by atoms with van der Waals surface area (Å²) >= 11 is 0. The number of piperazine rings is 1. The van der Waals surface area contributed by atoms with Crippen LogP contribution in [0.5, 0.6) is 0 Å². The first-order valence-corrected chi connectivity index (χ1v) is 12.0. The molecule has 2 fully saturated rings. The standard InChI is InChI=1S/C26H33F3N4O/c1-19(2)25(10-8-22(15-25)31-16-20-6-4-3-5-7-20)23-17-32(18-34)12-13-33(23)24-14-21(9-11-30-24)26(27,28)29/h3-7,9,11,14,18-19,22-23,31H,8,10,12-13,15-17H2,1-2H3/t22-,23?,25+/m1/s1. The highest BCUT2D eigenvalue weighted by molar-refractivity contribution is 5.51. The smallest absolute Gasteiger partial charge is 0.349 e. The lowest BCUT2D eigenvalue weighted by Gasteiger charge is -2.51. The molecule has 1 aromatic carbocycles. The molecule has 8 heteroatoms. The monoisotopic (exact) mass is 474 g/mol. The Kier molecular flexibility index (Phi) is 7.17. The lowest BCUT2D eigenvalue weighted by molar-refractivity contribution is -0.137. The van der Waals surface area contributed by atoms with Crippen LogP contribution in [-0.2, 0) is 17.5 Å². The Balaban J connectivity index is 1.60. The van der Waals surface area contributed by atoms with Crippen molar-refractivity contribution in [1.82, 2.24) is 15.2 Å². The van der Waals surface area contributed by atoms with Gasteiger partial charge in [0, 0.05) is 38.4 Å². The molecule has 3 atom stereocenters. The molecule has 1 aliphatic carbocycles. The van der Waals surface area contributed by atoms with E-state index in [1.807, 2.05) is 23.1 Å². The quantitative estimate of drug-likeness (QED) is 0.590. The van der Waals surface area contributed by atoms with Crippen LogP contribution in [0.4, 0.5) is 19.0 Å². The van der Waals surface area contributed by atoms with E-state index in [2.05, 4.69) is 36.3 Å². The third-order valence-corrected chi connectivity index (χ3v) is 7.76. The first-order valence-electron chi connectivity index (χ1n) is 12.0. The number of aromatic nitrogens is 1. The summed E-state index contributed by atoms with van der Waals surface area (Å²) < 4.78 is 40.3. The van der Waals surface area contributed by atoms with Gasteiger partial charge in [-0.3, -0.25) is 4.79 Å². The van der Waals surface area contributed by atoms with E-state index in [1.54, 1.807) is 4.90 Å². The minimum absolute atomic E-state index is 0.106. The molecule has 1 saturated heterocycles. The number of halogens is 3. The Bertz CT molecular complexity index is 968. The number of carbonyl (C=O) groups is 1.